The second kappa shape index (κ2) is 7.11. The summed E-state index contributed by atoms with van der Waals surface area (Å²) in [6.07, 6.45) is 2.25. The first-order valence-corrected chi connectivity index (χ1v) is 8.42. The van der Waals surface area contributed by atoms with Gasteiger partial charge in [-0.25, -0.2) is 4.79 Å². The first kappa shape index (κ1) is 16.6. The van der Waals surface area contributed by atoms with Gasteiger partial charge in [0.25, 0.3) is 5.91 Å². The quantitative estimate of drug-likeness (QED) is 0.793. The number of nitrogens with zero attached hydrogens (tertiary/aromatic N) is 1. The Morgan fingerprint density at radius 3 is 2.54 bits per heavy atom. The van der Waals surface area contributed by atoms with E-state index in [1.165, 1.54) is 0 Å². The molecule has 0 bridgehead atoms. The van der Waals surface area contributed by atoms with Gasteiger partial charge in [-0.3, -0.25) is 4.79 Å². The molecule has 6 heteroatoms. The van der Waals surface area contributed by atoms with Gasteiger partial charge in [-0.05, 0) is 45.2 Å². The number of carbonyl (C=O) groups is 2. The lowest BCUT2D eigenvalue weighted by Crippen LogP contribution is -2.49. The van der Waals surface area contributed by atoms with E-state index in [-0.39, 0.29) is 31.2 Å². The summed E-state index contributed by atoms with van der Waals surface area (Å²) >= 11 is 0. The number of rotatable bonds is 3. The Labute approximate surface area is 141 Å². The molecule has 0 aliphatic carbocycles. The number of amides is 1. The fraction of sp³-hybridized carbons (Fsp3) is 0.556. The minimum Gasteiger partial charge on any atom is -0.485 e. The molecule has 0 radical (unpaired) electrons. The molecule has 24 heavy (non-hydrogen) atoms. The predicted molar refractivity (Wildman–Crippen MR) is 86.9 cm³/mol. The van der Waals surface area contributed by atoms with Crippen LogP contribution in [0, 0.1) is 0 Å². The number of para-hydroxylation sites is 2. The van der Waals surface area contributed by atoms with Crippen molar-refractivity contribution in [3.63, 3.8) is 0 Å². The molecule has 2 aliphatic rings. The number of ether oxygens (including phenoxy) is 3. The summed E-state index contributed by atoms with van der Waals surface area (Å²) in [5.74, 6) is 0.388. The molecule has 0 aromatic heterocycles. The number of piperidine rings is 1. The molecule has 0 unspecified atom stereocenters. The van der Waals surface area contributed by atoms with E-state index < -0.39 is 12.1 Å². The lowest BCUT2D eigenvalue weighted by Gasteiger charge is -2.39. The van der Waals surface area contributed by atoms with Crippen LogP contribution >= 0.6 is 0 Å². The third kappa shape index (κ3) is 3.47. The van der Waals surface area contributed by atoms with Crippen molar-refractivity contribution in [3.05, 3.63) is 24.3 Å². The van der Waals surface area contributed by atoms with Crippen molar-refractivity contribution in [2.24, 2.45) is 0 Å². The van der Waals surface area contributed by atoms with Gasteiger partial charge >= 0.3 is 5.97 Å². The summed E-state index contributed by atoms with van der Waals surface area (Å²) in [5, 5.41) is 0. The van der Waals surface area contributed by atoms with Gasteiger partial charge in [0.05, 0.1) is 0 Å². The second-order valence-electron chi connectivity index (χ2n) is 6.40. The highest BCUT2D eigenvalue weighted by Gasteiger charge is 2.32. The summed E-state index contributed by atoms with van der Waals surface area (Å²) < 4.78 is 16.3. The van der Waals surface area contributed by atoms with Gasteiger partial charge < -0.3 is 19.1 Å². The maximum Gasteiger partial charge on any atom is 0.351 e. The summed E-state index contributed by atoms with van der Waals surface area (Å²) in [6.45, 7) is 3.89. The molecule has 0 spiro atoms. The van der Waals surface area contributed by atoms with Gasteiger partial charge in [0.2, 0.25) is 6.10 Å². The predicted octanol–water partition coefficient (Wildman–Crippen LogP) is 2.16. The van der Waals surface area contributed by atoms with Crippen LogP contribution in [0.2, 0.25) is 0 Å². The Bertz CT molecular complexity index is 607. The monoisotopic (exact) mass is 333 g/mol. The van der Waals surface area contributed by atoms with Crippen LogP contribution in [0.1, 0.15) is 33.1 Å². The minimum absolute atomic E-state index is 0.0839. The Kier molecular flexibility index (Phi) is 4.92. The molecule has 0 N–H and O–H groups in total. The zero-order chi connectivity index (χ0) is 17.1. The molecule has 0 saturated carbocycles. The van der Waals surface area contributed by atoms with Crippen molar-refractivity contribution >= 4 is 11.9 Å². The number of benzene rings is 1. The maximum atomic E-state index is 12.4. The number of likely N-dealkylation sites (tertiary alicyclic amines) is 1. The first-order valence-electron chi connectivity index (χ1n) is 8.42. The van der Waals surface area contributed by atoms with Crippen molar-refractivity contribution in [1.29, 1.82) is 0 Å². The standard InChI is InChI=1S/C18H23NO5/c1-12-6-5-7-13(2)19(12)17(20)11-23-18(21)16-10-22-14-8-3-4-9-15(14)24-16/h3-4,8-9,12-13,16H,5-7,10-11H2,1-2H3/t12-,13-,16+/m1/s1. The molecule has 1 fully saturated rings. The average molecular weight is 333 g/mol. The van der Waals surface area contributed by atoms with Crippen molar-refractivity contribution < 1.29 is 23.8 Å². The van der Waals surface area contributed by atoms with Gasteiger partial charge in [-0.1, -0.05) is 12.1 Å². The Hall–Kier alpha value is -2.24. The fourth-order valence-corrected chi connectivity index (χ4v) is 3.35. The van der Waals surface area contributed by atoms with Crippen molar-refractivity contribution in [2.45, 2.75) is 51.3 Å². The highest BCUT2D eigenvalue weighted by atomic mass is 16.6. The summed E-state index contributed by atoms with van der Waals surface area (Å²) in [4.78, 5) is 26.4. The van der Waals surface area contributed by atoms with E-state index in [4.69, 9.17) is 14.2 Å². The van der Waals surface area contributed by atoms with Crippen LogP contribution in [-0.4, -0.2) is 48.2 Å². The van der Waals surface area contributed by atoms with Crippen LogP contribution in [0.4, 0.5) is 0 Å². The van der Waals surface area contributed by atoms with Gasteiger partial charge in [0, 0.05) is 12.1 Å². The van der Waals surface area contributed by atoms with E-state index in [0.29, 0.717) is 11.5 Å². The highest BCUT2D eigenvalue weighted by Crippen LogP contribution is 2.31. The molecule has 2 heterocycles. The van der Waals surface area contributed by atoms with Crippen LogP contribution in [0.5, 0.6) is 11.5 Å². The summed E-state index contributed by atoms with van der Waals surface area (Å²) in [5.41, 5.74) is 0. The summed E-state index contributed by atoms with van der Waals surface area (Å²) in [6, 6.07) is 7.51. The first-order chi connectivity index (χ1) is 11.6. The Morgan fingerprint density at radius 2 is 1.83 bits per heavy atom. The molecule has 1 saturated heterocycles. The summed E-state index contributed by atoms with van der Waals surface area (Å²) in [7, 11) is 0. The zero-order valence-electron chi connectivity index (χ0n) is 14.1. The minimum atomic E-state index is -0.844. The Balaban J connectivity index is 1.53. The van der Waals surface area contributed by atoms with Gasteiger partial charge in [0.15, 0.2) is 18.1 Å². The zero-order valence-corrected chi connectivity index (χ0v) is 14.1. The second-order valence-corrected chi connectivity index (χ2v) is 6.40. The van der Waals surface area contributed by atoms with Crippen LogP contribution < -0.4 is 9.47 Å². The number of fused-ring (bicyclic) bond motifs is 1. The van der Waals surface area contributed by atoms with Crippen molar-refractivity contribution in [2.75, 3.05) is 13.2 Å². The van der Waals surface area contributed by atoms with Gasteiger partial charge in [0.1, 0.15) is 6.61 Å². The number of carbonyl (C=O) groups excluding carboxylic acids is 2. The van der Waals surface area contributed by atoms with E-state index >= 15 is 0 Å². The molecule has 2 aliphatic heterocycles. The van der Waals surface area contributed by atoms with E-state index in [2.05, 4.69) is 0 Å². The van der Waals surface area contributed by atoms with E-state index in [0.717, 1.165) is 19.3 Å². The molecular formula is C18H23NO5. The van der Waals surface area contributed by atoms with E-state index in [1.54, 1.807) is 18.2 Å². The maximum absolute atomic E-state index is 12.4. The lowest BCUT2D eigenvalue weighted by molar-refractivity contribution is -0.162. The van der Waals surface area contributed by atoms with Crippen LogP contribution in [-0.2, 0) is 14.3 Å². The molecule has 1 amide bonds. The van der Waals surface area contributed by atoms with Crippen LogP contribution in [0.3, 0.4) is 0 Å². The highest BCUT2D eigenvalue weighted by molar-refractivity contribution is 5.83. The van der Waals surface area contributed by atoms with Crippen LogP contribution in [0.25, 0.3) is 0 Å². The van der Waals surface area contributed by atoms with E-state index in [1.807, 2.05) is 24.8 Å². The van der Waals surface area contributed by atoms with Crippen molar-refractivity contribution in [1.82, 2.24) is 4.90 Å². The molecule has 3 rings (SSSR count). The third-order valence-electron chi connectivity index (χ3n) is 4.59. The van der Waals surface area contributed by atoms with Crippen LogP contribution in [0.15, 0.2) is 24.3 Å². The number of hydrogen-bond donors (Lipinski definition) is 0. The number of hydrogen-bond acceptors (Lipinski definition) is 5. The SMILES string of the molecule is C[C@@H]1CCC[C@@H](C)N1C(=O)COC(=O)[C@@H]1COc2ccccc2O1. The molecule has 6 nitrogen and oxygen atoms in total. The fourth-order valence-electron chi connectivity index (χ4n) is 3.35. The number of esters is 1. The average Bonchev–Trinajstić information content (AvgIpc) is 2.59. The topological polar surface area (TPSA) is 65.1 Å². The van der Waals surface area contributed by atoms with Gasteiger partial charge in [-0.15, -0.1) is 0 Å². The van der Waals surface area contributed by atoms with Gasteiger partial charge in [-0.2, -0.15) is 0 Å². The molecule has 1 aromatic carbocycles. The normalized spacial score (nSPS) is 25.9. The third-order valence-corrected chi connectivity index (χ3v) is 4.59. The largest absolute Gasteiger partial charge is 0.485 e. The lowest BCUT2D eigenvalue weighted by atomic mass is 9.97. The Morgan fingerprint density at radius 1 is 1.17 bits per heavy atom. The molecule has 3 atom stereocenters. The van der Waals surface area contributed by atoms with Crippen molar-refractivity contribution in [3.8, 4) is 11.5 Å². The molecular weight excluding hydrogens is 310 g/mol. The molecule has 1 aromatic rings. The molecule has 130 valence electrons. The smallest absolute Gasteiger partial charge is 0.351 e. The van der Waals surface area contributed by atoms with E-state index in [9.17, 15) is 9.59 Å².